The average Bonchev–Trinajstić information content (AvgIpc) is 3.21. The molecule has 136 valence electrons. The fourth-order valence-electron chi connectivity index (χ4n) is 2.39. The number of hydrogen-bond acceptors (Lipinski definition) is 3. The van der Waals surface area contributed by atoms with E-state index in [1.165, 1.54) is 12.3 Å². The van der Waals surface area contributed by atoms with E-state index in [0.29, 0.717) is 6.54 Å². The summed E-state index contributed by atoms with van der Waals surface area (Å²) in [7, 11) is 0. The molecule has 3 rings (SSSR count). The highest BCUT2D eigenvalue weighted by Crippen LogP contribution is 2.14. The van der Waals surface area contributed by atoms with Crippen LogP contribution < -0.4 is 10.6 Å². The van der Waals surface area contributed by atoms with Gasteiger partial charge in [-0.05, 0) is 41.5 Å². The molecule has 0 saturated carbocycles. The molecular formula is C21H17BrN2O3. The Hall–Kier alpha value is -3.12. The number of amides is 2. The lowest BCUT2D eigenvalue weighted by Gasteiger charge is -2.10. The van der Waals surface area contributed by atoms with Crippen LogP contribution in [-0.4, -0.2) is 11.8 Å². The molecule has 2 aromatic carbocycles. The first kappa shape index (κ1) is 18.7. The smallest absolute Gasteiger partial charge is 0.291 e. The molecule has 0 aliphatic heterocycles. The summed E-state index contributed by atoms with van der Waals surface area (Å²) in [5, 5.41) is 5.44. The summed E-state index contributed by atoms with van der Waals surface area (Å²) in [6.07, 6.45) is 3.02. The van der Waals surface area contributed by atoms with Crippen LogP contribution in [0.4, 0.5) is 0 Å². The van der Waals surface area contributed by atoms with Gasteiger partial charge in [0.2, 0.25) is 0 Å². The van der Waals surface area contributed by atoms with Crippen molar-refractivity contribution < 1.29 is 14.0 Å². The van der Waals surface area contributed by atoms with Crippen molar-refractivity contribution in [1.29, 1.82) is 0 Å². The number of furan rings is 1. The molecule has 0 radical (unpaired) electrons. The van der Waals surface area contributed by atoms with Gasteiger partial charge in [0.25, 0.3) is 11.8 Å². The monoisotopic (exact) mass is 424 g/mol. The highest BCUT2D eigenvalue weighted by molar-refractivity contribution is 9.10. The number of nitrogens with one attached hydrogen (secondary N) is 2. The Balaban J connectivity index is 1.80. The molecule has 0 saturated heterocycles. The molecule has 1 heterocycles. The number of halogens is 1. The van der Waals surface area contributed by atoms with Crippen molar-refractivity contribution in [3.05, 3.63) is 100 Å². The molecule has 0 unspecified atom stereocenters. The van der Waals surface area contributed by atoms with E-state index in [-0.39, 0.29) is 11.5 Å². The molecule has 0 aliphatic carbocycles. The zero-order valence-electron chi connectivity index (χ0n) is 14.3. The van der Waals surface area contributed by atoms with E-state index in [4.69, 9.17) is 4.42 Å². The average molecular weight is 425 g/mol. The molecule has 2 N–H and O–H groups in total. The largest absolute Gasteiger partial charge is 0.459 e. The third kappa shape index (κ3) is 5.43. The van der Waals surface area contributed by atoms with Gasteiger partial charge in [0.1, 0.15) is 5.70 Å². The van der Waals surface area contributed by atoms with Gasteiger partial charge >= 0.3 is 0 Å². The molecule has 27 heavy (non-hydrogen) atoms. The minimum atomic E-state index is -0.490. The predicted octanol–water partition coefficient (Wildman–Crippen LogP) is 4.13. The maximum atomic E-state index is 12.7. The molecule has 5 nitrogen and oxygen atoms in total. The fraction of sp³-hybridized carbons (Fsp3) is 0.0476. The van der Waals surface area contributed by atoms with E-state index in [9.17, 15) is 9.59 Å². The van der Waals surface area contributed by atoms with Crippen molar-refractivity contribution in [2.45, 2.75) is 6.54 Å². The van der Waals surface area contributed by atoms with Crippen molar-refractivity contribution in [3.8, 4) is 0 Å². The van der Waals surface area contributed by atoms with Crippen LogP contribution in [0.1, 0.15) is 21.7 Å². The van der Waals surface area contributed by atoms with Gasteiger partial charge in [-0.2, -0.15) is 0 Å². The van der Waals surface area contributed by atoms with Crippen molar-refractivity contribution in [1.82, 2.24) is 10.6 Å². The summed E-state index contributed by atoms with van der Waals surface area (Å²) < 4.78 is 5.97. The van der Waals surface area contributed by atoms with Gasteiger partial charge in [-0.1, -0.05) is 58.4 Å². The number of carbonyl (C=O) groups is 2. The second-order valence-corrected chi connectivity index (χ2v) is 6.63. The lowest BCUT2D eigenvalue weighted by molar-refractivity contribution is -0.117. The highest BCUT2D eigenvalue weighted by Gasteiger charge is 2.16. The van der Waals surface area contributed by atoms with Gasteiger partial charge in [0.05, 0.1) is 6.26 Å². The van der Waals surface area contributed by atoms with Gasteiger partial charge in [0, 0.05) is 11.0 Å². The Labute approximate surface area is 165 Å². The number of hydrogen-bond donors (Lipinski definition) is 2. The molecule has 6 heteroatoms. The standard InChI is InChI=1S/C21H17BrN2O3/c22-17-9-4-8-16(12-17)13-18(24-21(26)19-10-5-11-27-19)20(25)23-14-15-6-2-1-3-7-15/h1-13H,14H2,(H,23,25)(H,24,26)/b18-13+. The number of benzene rings is 2. The highest BCUT2D eigenvalue weighted by atomic mass is 79.9. The summed E-state index contributed by atoms with van der Waals surface area (Å²) in [4.78, 5) is 25.0. The summed E-state index contributed by atoms with van der Waals surface area (Å²) in [5.41, 5.74) is 1.87. The zero-order chi connectivity index (χ0) is 19.1. The Bertz CT molecular complexity index is 951. The van der Waals surface area contributed by atoms with E-state index >= 15 is 0 Å². The van der Waals surface area contributed by atoms with E-state index < -0.39 is 11.8 Å². The molecule has 2 amide bonds. The lowest BCUT2D eigenvalue weighted by Crippen LogP contribution is -2.34. The van der Waals surface area contributed by atoms with Crippen LogP contribution in [0.25, 0.3) is 6.08 Å². The summed E-state index contributed by atoms with van der Waals surface area (Å²) in [5.74, 6) is -0.749. The van der Waals surface area contributed by atoms with Gasteiger partial charge in [0.15, 0.2) is 5.76 Å². The molecule has 3 aromatic rings. The van der Waals surface area contributed by atoms with E-state index in [1.54, 1.807) is 12.1 Å². The van der Waals surface area contributed by atoms with Crippen molar-refractivity contribution in [3.63, 3.8) is 0 Å². The van der Waals surface area contributed by atoms with Crippen molar-refractivity contribution in [2.75, 3.05) is 0 Å². The van der Waals surface area contributed by atoms with Crippen molar-refractivity contribution in [2.24, 2.45) is 0 Å². The third-order valence-electron chi connectivity index (χ3n) is 3.69. The zero-order valence-corrected chi connectivity index (χ0v) is 15.9. The second kappa shape index (κ2) is 9.00. The quantitative estimate of drug-likeness (QED) is 0.584. The van der Waals surface area contributed by atoms with Gasteiger partial charge in [-0.15, -0.1) is 0 Å². The van der Waals surface area contributed by atoms with Crippen LogP contribution in [0.2, 0.25) is 0 Å². The lowest BCUT2D eigenvalue weighted by atomic mass is 10.1. The Morgan fingerprint density at radius 3 is 2.52 bits per heavy atom. The molecule has 1 aromatic heterocycles. The Morgan fingerprint density at radius 1 is 1.00 bits per heavy atom. The maximum Gasteiger partial charge on any atom is 0.291 e. The summed E-state index contributed by atoms with van der Waals surface area (Å²) in [6.45, 7) is 0.353. The minimum Gasteiger partial charge on any atom is -0.459 e. The van der Waals surface area contributed by atoms with Crippen LogP contribution in [0, 0.1) is 0 Å². The van der Waals surface area contributed by atoms with Crippen LogP contribution in [0.3, 0.4) is 0 Å². The van der Waals surface area contributed by atoms with Gasteiger partial charge < -0.3 is 15.1 Å². The molecule has 0 atom stereocenters. The van der Waals surface area contributed by atoms with E-state index in [2.05, 4.69) is 26.6 Å². The van der Waals surface area contributed by atoms with Gasteiger partial charge in [-0.25, -0.2) is 0 Å². The second-order valence-electron chi connectivity index (χ2n) is 5.71. The fourth-order valence-corrected chi connectivity index (χ4v) is 2.80. The summed E-state index contributed by atoms with van der Waals surface area (Å²) >= 11 is 3.40. The Morgan fingerprint density at radius 2 is 1.81 bits per heavy atom. The first-order chi connectivity index (χ1) is 13.1. The van der Waals surface area contributed by atoms with E-state index in [1.807, 2.05) is 54.6 Å². The number of carbonyl (C=O) groups excluding carboxylic acids is 2. The molecule has 0 bridgehead atoms. The first-order valence-electron chi connectivity index (χ1n) is 8.26. The molecule has 0 fully saturated rings. The maximum absolute atomic E-state index is 12.7. The SMILES string of the molecule is O=C(NCc1ccccc1)/C(=C\c1cccc(Br)c1)NC(=O)c1ccco1. The third-order valence-corrected chi connectivity index (χ3v) is 4.19. The summed E-state index contributed by atoms with van der Waals surface area (Å²) in [6, 6.07) is 20.1. The molecule has 0 spiro atoms. The van der Waals surface area contributed by atoms with Crippen LogP contribution >= 0.6 is 15.9 Å². The van der Waals surface area contributed by atoms with Crippen LogP contribution in [0.15, 0.2) is 87.6 Å². The predicted molar refractivity (Wildman–Crippen MR) is 107 cm³/mol. The minimum absolute atomic E-state index is 0.130. The number of rotatable bonds is 6. The molecular weight excluding hydrogens is 408 g/mol. The van der Waals surface area contributed by atoms with Gasteiger partial charge in [-0.3, -0.25) is 9.59 Å². The Kier molecular flexibility index (Phi) is 6.22. The van der Waals surface area contributed by atoms with Crippen LogP contribution in [-0.2, 0) is 11.3 Å². The topological polar surface area (TPSA) is 71.3 Å². The van der Waals surface area contributed by atoms with E-state index in [0.717, 1.165) is 15.6 Å². The normalized spacial score (nSPS) is 11.1. The van der Waals surface area contributed by atoms with Crippen molar-refractivity contribution >= 4 is 33.8 Å². The molecule has 0 aliphatic rings. The first-order valence-corrected chi connectivity index (χ1v) is 9.05. The van der Waals surface area contributed by atoms with Crippen LogP contribution in [0.5, 0.6) is 0 Å².